The van der Waals surface area contributed by atoms with Crippen LogP contribution in [0.5, 0.6) is 11.5 Å². The molecule has 0 saturated heterocycles. The Bertz CT molecular complexity index is 479. The third kappa shape index (κ3) is 5.81. The topological polar surface area (TPSA) is 59.0 Å². The van der Waals surface area contributed by atoms with Gasteiger partial charge >= 0.3 is 5.97 Å². The standard InChI is InChI=1S/C15H22ClNO4/c1-4-7-21-15-12(16)8-11(9-13(15)20-3)10-17(2)6-5-14(18)19/h8-9H,4-7,10H2,1-3H3,(H,18,19). The highest BCUT2D eigenvalue weighted by Gasteiger charge is 2.13. The minimum absolute atomic E-state index is 0.110. The van der Waals surface area contributed by atoms with E-state index in [-0.39, 0.29) is 6.42 Å². The third-order valence-electron chi connectivity index (χ3n) is 2.90. The zero-order chi connectivity index (χ0) is 15.8. The first-order chi connectivity index (χ1) is 9.97. The summed E-state index contributed by atoms with van der Waals surface area (Å²) >= 11 is 6.24. The van der Waals surface area contributed by atoms with Gasteiger partial charge in [-0.25, -0.2) is 0 Å². The number of hydrogen-bond acceptors (Lipinski definition) is 4. The Balaban J connectivity index is 2.80. The minimum atomic E-state index is -0.805. The van der Waals surface area contributed by atoms with Crippen molar-refractivity contribution in [1.29, 1.82) is 0 Å². The van der Waals surface area contributed by atoms with Crippen molar-refractivity contribution >= 4 is 17.6 Å². The van der Waals surface area contributed by atoms with Crippen molar-refractivity contribution in [2.45, 2.75) is 26.3 Å². The van der Waals surface area contributed by atoms with Crippen molar-refractivity contribution in [1.82, 2.24) is 4.90 Å². The molecule has 0 spiro atoms. The lowest BCUT2D eigenvalue weighted by Gasteiger charge is -2.18. The van der Waals surface area contributed by atoms with Gasteiger partial charge in [0.25, 0.3) is 0 Å². The average molecular weight is 316 g/mol. The number of carboxylic acid groups (broad SMARTS) is 1. The Morgan fingerprint density at radius 2 is 2.14 bits per heavy atom. The van der Waals surface area contributed by atoms with Crippen LogP contribution >= 0.6 is 11.6 Å². The van der Waals surface area contributed by atoms with Crippen LogP contribution in [0.3, 0.4) is 0 Å². The molecule has 1 aromatic carbocycles. The van der Waals surface area contributed by atoms with E-state index in [1.807, 2.05) is 31.0 Å². The lowest BCUT2D eigenvalue weighted by molar-refractivity contribution is -0.137. The molecule has 0 aromatic heterocycles. The molecule has 0 radical (unpaired) electrons. The number of halogens is 1. The van der Waals surface area contributed by atoms with Crippen LogP contribution in [-0.4, -0.2) is 43.3 Å². The second-order valence-electron chi connectivity index (χ2n) is 4.84. The number of benzene rings is 1. The molecule has 0 unspecified atom stereocenters. The van der Waals surface area contributed by atoms with Crippen LogP contribution in [0.1, 0.15) is 25.3 Å². The van der Waals surface area contributed by atoms with Crippen molar-refractivity contribution in [3.63, 3.8) is 0 Å². The SMILES string of the molecule is CCCOc1c(Cl)cc(CN(C)CCC(=O)O)cc1OC. The van der Waals surface area contributed by atoms with E-state index in [4.69, 9.17) is 26.2 Å². The summed E-state index contributed by atoms with van der Waals surface area (Å²) in [7, 11) is 3.44. The molecule has 6 heteroatoms. The number of nitrogens with zero attached hydrogens (tertiary/aromatic N) is 1. The van der Waals surface area contributed by atoms with Gasteiger partial charge < -0.3 is 19.5 Å². The van der Waals surface area contributed by atoms with Gasteiger partial charge in [0, 0.05) is 13.1 Å². The summed E-state index contributed by atoms with van der Waals surface area (Å²) in [6.45, 7) is 3.67. The summed E-state index contributed by atoms with van der Waals surface area (Å²) in [5.41, 5.74) is 0.952. The maximum Gasteiger partial charge on any atom is 0.304 e. The second kappa shape index (κ2) is 8.74. The average Bonchev–Trinajstić information content (AvgIpc) is 2.43. The van der Waals surface area contributed by atoms with Gasteiger partial charge in [0.15, 0.2) is 11.5 Å². The lowest BCUT2D eigenvalue weighted by atomic mass is 10.2. The maximum absolute atomic E-state index is 10.6. The molecular formula is C15H22ClNO4. The Labute approximate surface area is 130 Å². The molecule has 0 aliphatic carbocycles. The molecule has 0 saturated carbocycles. The summed E-state index contributed by atoms with van der Waals surface area (Å²) in [6.07, 6.45) is 0.998. The lowest BCUT2D eigenvalue weighted by Crippen LogP contribution is -2.21. The van der Waals surface area contributed by atoms with E-state index in [0.717, 1.165) is 12.0 Å². The Hall–Kier alpha value is -1.46. The highest BCUT2D eigenvalue weighted by Crippen LogP contribution is 2.36. The van der Waals surface area contributed by atoms with Gasteiger partial charge in [-0.15, -0.1) is 0 Å². The van der Waals surface area contributed by atoms with Crippen LogP contribution < -0.4 is 9.47 Å². The van der Waals surface area contributed by atoms with E-state index in [1.54, 1.807) is 7.11 Å². The minimum Gasteiger partial charge on any atom is -0.493 e. The zero-order valence-corrected chi connectivity index (χ0v) is 13.4. The fourth-order valence-corrected chi connectivity index (χ4v) is 2.17. The van der Waals surface area contributed by atoms with Crippen molar-refractivity contribution in [3.8, 4) is 11.5 Å². The molecule has 0 aliphatic heterocycles. The third-order valence-corrected chi connectivity index (χ3v) is 3.18. The van der Waals surface area contributed by atoms with Crippen LogP contribution in [-0.2, 0) is 11.3 Å². The van der Waals surface area contributed by atoms with Crippen LogP contribution in [0, 0.1) is 0 Å². The molecule has 1 rings (SSSR count). The largest absolute Gasteiger partial charge is 0.493 e. The maximum atomic E-state index is 10.6. The number of rotatable bonds is 9. The Kier molecular flexibility index (Phi) is 7.32. The van der Waals surface area contributed by atoms with Gasteiger partial charge in [-0.1, -0.05) is 18.5 Å². The Morgan fingerprint density at radius 3 is 2.71 bits per heavy atom. The van der Waals surface area contributed by atoms with Crippen molar-refractivity contribution < 1.29 is 19.4 Å². The van der Waals surface area contributed by atoms with Gasteiger partial charge in [-0.3, -0.25) is 4.79 Å². The van der Waals surface area contributed by atoms with Gasteiger partial charge in [0.2, 0.25) is 0 Å². The predicted octanol–water partition coefficient (Wildman–Crippen LogP) is 3.04. The summed E-state index contributed by atoms with van der Waals surface area (Å²) in [5.74, 6) is 0.344. The molecule has 0 amide bonds. The first-order valence-electron chi connectivity index (χ1n) is 6.87. The van der Waals surface area contributed by atoms with Crippen LogP contribution in [0.2, 0.25) is 5.02 Å². The van der Waals surface area contributed by atoms with Crippen LogP contribution in [0.15, 0.2) is 12.1 Å². The van der Waals surface area contributed by atoms with E-state index in [9.17, 15) is 4.79 Å². The first-order valence-corrected chi connectivity index (χ1v) is 7.25. The number of methoxy groups -OCH3 is 1. The molecular weight excluding hydrogens is 294 g/mol. The molecule has 1 aromatic rings. The molecule has 0 atom stereocenters. The fourth-order valence-electron chi connectivity index (χ4n) is 1.89. The second-order valence-corrected chi connectivity index (χ2v) is 5.25. The van der Waals surface area contributed by atoms with E-state index in [0.29, 0.717) is 36.2 Å². The van der Waals surface area contributed by atoms with E-state index >= 15 is 0 Å². The van der Waals surface area contributed by atoms with Crippen LogP contribution in [0.4, 0.5) is 0 Å². The molecule has 118 valence electrons. The summed E-state index contributed by atoms with van der Waals surface area (Å²) < 4.78 is 10.9. The molecule has 0 bridgehead atoms. The Morgan fingerprint density at radius 1 is 1.43 bits per heavy atom. The highest BCUT2D eigenvalue weighted by atomic mass is 35.5. The first kappa shape index (κ1) is 17.6. The fraction of sp³-hybridized carbons (Fsp3) is 0.533. The monoisotopic (exact) mass is 315 g/mol. The summed E-state index contributed by atoms with van der Waals surface area (Å²) in [5, 5.41) is 9.19. The highest BCUT2D eigenvalue weighted by molar-refractivity contribution is 6.32. The normalized spacial score (nSPS) is 10.7. The molecule has 0 heterocycles. The molecule has 0 fully saturated rings. The number of ether oxygens (including phenoxy) is 2. The quantitative estimate of drug-likeness (QED) is 0.759. The number of hydrogen-bond donors (Lipinski definition) is 1. The van der Waals surface area contributed by atoms with Gasteiger partial charge in [-0.2, -0.15) is 0 Å². The summed E-state index contributed by atoms with van der Waals surface area (Å²) in [6, 6.07) is 3.69. The van der Waals surface area contributed by atoms with E-state index in [1.165, 1.54) is 0 Å². The van der Waals surface area contributed by atoms with Crippen molar-refractivity contribution in [2.24, 2.45) is 0 Å². The summed E-state index contributed by atoms with van der Waals surface area (Å²) in [4.78, 5) is 12.5. The van der Waals surface area contributed by atoms with Crippen molar-refractivity contribution in [2.75, 3.05) is 27.3 Å². The van der Waals surface area contributed by atoms with Crippen molar-refractivity contribution in [3.05, 3.63) is 22.7 Å². The molecule has 0 aliphatic rings. The van der Waals surface area contributed by atoms with Crippen LogP contribution in [0.25, 0.3) is 0 Å². The molecule has 1 N–H and O–H groups in total. The molecule has 21 heavy (non-hydrogen) atoms. The smallest absolute Gasteiger partial charge is 0.304 e. The number of carboxylic acids is 1. The van der Waals surface area contributed by atoms with Gasteiger partial charge in [-0.05, 0) is 31.2 Å². The van der Waals surface area contributed by atoms with Gasteiger partial charge in [0.1, 0.15) is 0 Å². The number of carbonyl (C=O) groups is 1. The predicted molar refractivity (Wildman–Crippen MR) is 82.4 cm³/mol. The van der Waals surface area contributed by atoms with E-state index in [2.05, 4.69) is 0 Å². The van der Waals surface area contributed by atoms with Gasteiger partial charge in [0.05, 0.1) is 25.2 Å². The van der Waals surface area contributed by atoms with E-state index < -0.39 is 5.97 Å². The number of aliphatic carboxylic acids is 1. The zero-order valence-electron chi connectivity index (χ0n) is 12.7. The molecule has 5 nitrogen and oxygen atoms in total.